The van der Waals surface area contributed by atoms with Crippen LogP contribution >= 0.6 is 0 Å². The first-order chi connectivity index (χ1) is 14.9. The highest BCUT2D eigenvalue weighted by Gasteiger charge is 2.27. The summed E-state index contributed by atoms with van der Waals surface area (Å²) in [7, 11) is 1.19. The lowest BCUT2D eigenvalue weighted by Gasteiger charge is -2.29. The number of sulfonamides is 1. The van der Waals surface area contributed by atoms with E-state index in [9.17, 15) is 13.2 Å². The second-order valence-electron chi connectivity index (χ2n) is 7.19. The Morgan fingerprint density at radius 2 is 1.65 bits per heavy atom. The van der Waals surface area contributed by atoms with Gasteiger partial charge in [-0.1, -0.05) is 12.1 Å². The van der Waals surface area contributed by atoms with Gasteiger partial charge in [-0.15, -0.1) is 0 Å². The van der Waals surface area contributed by atoms with Gasteiger partial charge in [0.05, 0.1) is 32.6 Å². The maximum Gasteiger partial charge on any atom is 0.255 e. The highest BCUT2D eigenvalue weighted by Crippen LogP contribution is 2.33. The first-order valence-corrected chi connectivity index (χ1v) is 11.6. The molecule has 0 atom stereocenters. The normalized spacial score (nSPS) is 13.9. The monoisotopic (exact) mass is 448 g/mol. The molecule has 31 heavy (non-hydrogen) atoms. The van der Waals surface area contributed by atoms with E-state index in [0.29, 0.717) is 48.7 Å². The largest absolute Gasteiger partial charge is 0.496 e. The van der Waals surface area contributed by atoms with E-state index in [4.69, 9.17) is 14.2 Å². The van der Waals surface area contributed by atoms with Crippen LogP contribution in [0, 0.1) is 0 Å². The molecule has 9 heteroatoms. The number of fused-ring (bicyclic) bond motifs is 1. The first-order valence-electron chi connectivity index (χ1n) is 10.0. The molecule has 1 heterocycles. The van der Waals surface area contributed by atoms with E-state index in [1.807, 2.05) is 12.1 Å². The summed E-state index contributed by atoms with van der Waals surface area (Å²) < 4.78 is 43.0. The molecular formula is C22H28N2O6S. The second kappa shape index (κ2) is 10.0. The minimum atomic E-state index is -3.45. The summed E-state index contributed by atoms with van der Waals surface area (Å²) in [6.45, 7) is 0.968. The summed E-state index contributed by atoms with van der Waals surface area (Å²) in [5.74, 6) is 1.37. The van der Waals surface area contributed by atoms with Gasteiger partial charge in [-0.25, -0.2) is 8.42 Å². The fraction of sp³-hybridized carbons (Fsp3) is 0.409. The molecule has 0 aromatic heterocycles. The summed E-state index contributed by atoms with van der Waals surface area (Å²) >= 11 is 0. The Balaban J connectivity index is 1.56. The maximum absolute atomic E-state index is 12.8. The zero-order chi connectivity index (χ0) is 22.4. The number of amides is 1. The number of carbonyl (C=O) groups is 1. The van der Waals surface area contributed by atoms with Crippen LogP contribution < -0.4 is 19.5 Å². The number of nitrogens with zero attached hydrogens (tertiary/aromatic N) is 1. The van der Waals surface area contributed by atoms with Crippen LogP contribution in [0.2, 0.25) is 0 Å². The lowest BCUT2D eigenvalue weighted by molar-refractivity contribution is 0.0950. The van der Waals surface area contributed by atoms with Crippen LogP contribution in [0.3, 0.4) is 0 Å². The number of ether oxygens (including phenoxy) is 3. The van der Waals surface area contributed by atoms with E-state index >= 15 is 0 Å². The van der Waals surface area contributed by atoms with Crippen LogP contribution in [-0.2, 0) is 23.0 Å². The third-order valence-electron chi connectivity index (χ3n) is 5.29. The Labute approximate surface area is 183 Å². The van der Waals surface area contributed by atoms with Gasteiger partial charge in [0, 0.05) is 19.6 Å². The summed E-state index contributed by atoms with van der Waals surface area (Å²) in [5.41, 5.74) is 2.40. The van der Waals surface area contributed by atoms with Crippen LogP contribution in [0.25, 0.3) is 0 Å². The van der Waals surface area contributed by atoms with E-state index < -0.39 is 10.0 Å². The Bertz CT molecular complexity index is 1040. The molecule has 2 aromatic carbocycles. The molecule has 1 amide bonds. The third-order valence-corrected chi connectivity index (χ3v) is 7.20. The molecule has 168 valence electrons. The number of benzene rings is 2. The Morgan fingerprint density at radius 3 is 2.32 bits per heavy atom. The van der Waals surface area contributed by atoms with Crippen LogP contribution in [0.4, 0.5) is 0 Å². The summed E-state index contributed by atoms with van der Waals surface area (Å²) in [5, 5.41) is 2.76. The minimum Gasteiger partial charge on any atom is -0.496 e. The van der Waals surface area contributed by atoms with Gasteiger partial charge in [0.15, 0.2) is 11.5 Å². The topological polar surface area (TPSA) is 94.2 Å². The van der Waals surface area contributed by atoms with Crippen molar-refractivity contribution in [3.8, 4) is 17.2 Å². The number of hydrogen-bond acceptors (Lipinski definition) is 6. The van der Waals surface area contributed by atoms with Crippen molar-refractivity contribution in [1.82, 2.24) is 9.62 Å². The summed E-state index contributed by atoms with van der Waals surface area (Å²) in [6.07, 6.45) is 0.929. The number of nitrogens with one attached hydrogen (secondary N) is 1. The SMILES string of the molecule is COc1cc2c(cc1OC)CN(S(=O)(=O)CCCNC(=O)c1ccccc1OC)CC2. The van der Waals surface area contributed by atoms with Gasteiger partial charge in [0.2, 0.25) is 10.0 Å². The molecule has 0 saturated carbocycles. The van der Waals surface area contributed by atoms with Crippen molar-refractivity contribution >= 4 is 15.9 Å². The van der Waals surface area contributed by atoms with Gasteiger partial charge < -0.3 is 19.5 Å². The third kappa shape index (κ3) is 5.29. The molecule has 1 aliphatic rings. The van der Waals surface area contributed by atoms with E-state index in [0.717, 1.165) is 11.1 Å². The molecule has 0 fully saturated rings. The highest BCUT2D eigenvalue weighted by atomic mass is 32.2. The molecule has 0 unspecified atom stereocenters. The van der Waals surface area contributed by atoms with Gasteiger partial charge in [0.25, 0.3) is 5.91 Å². The van der Waals surface area contributed by atoms with Crippen LogP contribution in [-0.4, -0.2) is 58.8 Å². The van der Waals surface area contributed by atoms with Gasteiger partial charge in [0.1, 0.15) is 5.75 Å². The predicted octanol–water partition coefficient (Wildman–Crippen LogP) is 2.22. The number of methoxy groups -OCH3 is 3. The van der Waals surface area contributed by atoms with Crippen molar-refractivity contribution in [3.63, 3.8) is 0 Å². The van der Waals surface area contributed by atoms with Crippen LogP contribution in [0.1, 0.15) is 27.9 Å². The summed E-state index contributed by atoms with van der Waals surface area (Å²) in [4.78, 5) is 12.3. The zero-order valence-corrected chi connectivity index (χ0v) is 18.8. The molecule has 2 aromatic rings. The molecule has 0 radical (unpaired) electrons. The lowest BCUT2D eigenvalue weighted by Crippen LogP contribution is -2.38. The van der Waals surface area contributed by atoms with Crippen molar-refractivity contribution in [2.75, 3.05) is 40.2 Å². The van der Waals surface area contributed by atoms with Gasteiger partial charge >= 0.3 is 0 Å². The molecule has 0 spiro atoms. The maximum atomic E-state index is 12.8. The average Bonchev–Trinajstić information content (AvgIpc) is 2.80. The smallest absolute Gasteiger partial charge is 0.255 e. The molecule has 3 rings (SSSR count). The number of para-hydroxylation sites is 1. The number of carbonyl (C=O) groups excluding carboxylic acids is 1. The van der Waals surface area contributed by atoms with Gasteiger partial charge in [-0.05, 0) is 48.2 Å². The molecule has 8 nitrogen and oxygen atoms in total. The Kier molecular flexibility index (Phi) is 7.40. The van der Waals surface area contributed by atoms with Crippen molar-refractivity contribution < 1.29 is 27.4 Å². The van der Waals surface area contributed by atoms with E-state index in [2.05, 4.69) is 5.32 Å². The van der Waals surface area contributed by atoms with Crippen LogP contribution in [0.5, 0.6) is 17.2 Å². The zero-order valence-electron chi connectivity index (χ0n) is 18.0. The van der Waals surface area contributed by atoms with Crippen molar-refractivity contribution in [2.24, 2.45) is 0 Å². The van der Waals surface area contributed by atoms with Gasteiger partial charge in [-0.2, -0.15) is 4.31 Å². The van der Waals surface area contributed by atoms with Crippen LogP contribution in [0.15, 0.2) is 36.4 Å². The number of hydrogen-bond donors (Lipinski definition) is 1. The molecule has 0 bridgehead atoms. The van der Waals surface area contributed by atoms with Crippen molar-refractivity contribution in [3.05, 3.63) is 53.1 Å². The van der Waals surface area contributed by atoms with E-state index in [1.165, 1.54) is 11.4 Å². The second-order valence-corrected chi connectivity index (χ2v) is 9.27. The summed E-state index contributed by atoms with van der Waals surface area (Å²) in [6, 6.07) is 10.7. The highest BCUT2D eigenvalue weighted by molar-refractivity contribution is 7.89. The lowest BCUT2D eigenvalue weighted by atomic mass is 10.0. The molecule has 0 aliphatic carbocycles. The molecule has 1 aliphatic heterocycles. The Morgan fingerprint density at radius 1 is 1.00 bits per heavy atom. The predicted molar refractivity (Wildman–Crippen MR) is 117 cm³/mol. The molecule has 1 N–H and O–H groups in total. The van der Waals surface area contributed by atoms with Crippen molar-refractivity contribution in [2.45, 2.75) is 19.4 Å². The van der Waals surface area contributed by atoms with E-state index in [-0.39, 0.29) is 18.2 Å². The molecule has 0 saturated heterocycles. The fourth-order valence-electron chi connectivity index (χ4n) is 3.61. The Hall–Kier alpha value is -2.78. The quantitative estimate of drug-likeness (QED) is 0.591. The number of rotatable bonds is 9. The van der Waals surface area contributed by atoms with Gasteiger partial charge in [-0.3, -0.25) is 4.79 Å². The fourth-order valence-corrected chi connectivity index (χ4v) is 5.08. The molecular weight excluding hydrogens is 420 g/mol. The first kappa shape index (κ1) is 22.9. The van der Waals surface area contributed by atoms with E-state index in [1.54, 1.807) is 38.5 Å². The van der Waals surface area contributed by atoms with Crippen molar-refractivity contribution in [1.29, 1.82) is 0 Å². The minimum absolute atomic E-state index is 0.0399. The standard InChI is InChI=1S/C22H28N2O6S/c1-28-19-8-5-4-7-18(19)22(25)23-10-6-12-31(26,27)24-11-9-16-13-20(29-2)21(30-3)14-17(16)15-24/h4-5,7-8,13-14H,6,9-12,15H2,1-3H3,(H,23,25). The average molecular weight is 449 g/mol.